The Labute approximate surface area is 249 Å². The van der Waals surface area contributed by atoms with Gasteiger partial charge in [0.15, 0.2) is 0 Å². The summed E-state index contributed by atoms with van der Waals surface area (Å²) in [5.41, 5.74) is 3.19. The number of benzene rings is 2. The maximum Gasteiger partial charge on any atom is 0.298 e. The fraction of sp³-hybridized carbons (Fsp3) is 0.515. The third kappa shape index (κ3) is 6.67. The molecule has 9 nitrogen and oxygen atoms in total. The highest BCUT2D eigenvalue weighted by atomic mass is 16.5. The monoisotopic (exact) mass is 576 g/mol. The second kappa shape index (κ2) is 14.0. The Hall–Kier alpha value is -3.72. The average molecular weight is 577 g/mol. The Morgan fingerprint density at radius 1 is 1.02 bits per heavy atom. The Kier molecular flexibility index (Phi) is 10.4. The van der Waals surface area contributed by atoms with Gasteiger partial charge in [-0.3, -0.25) is 19.2 Å². The smallest absolute Gasteiger partial charge is 0.298 e. The predicted octanol–water partition coefficient (Wildman–Crippen LogP) is 3.29. The van der Waals surface area contributed by atoms with Crippen LogP contribution in [-0.4, -0.2) is 85.2 Å². The van der Waals surface area contributed by atoms with Gasteiger partial charge in [0.25, 0.3) is 12.4 Å². The van der Waals surface area contributed by atoms with E-state index in [4.69, 9.17) is 4.74 Å². The summed E-state index contributed by atoms with van der Waals surface area (Å²) in [4.78, 5) is 58.7. The van der Waals surface area contributed by atoms with Crippen LogP contribution < -0.4 is 10.1 Å². The molecule has 0 saturated carbocycles. The summed E-state index contributed by atoms with van der Waals surface area (Å²) in [5.74, 6) is -0.480. The fourth-order valence-corrected chi connectivity index (χ4v) is 6.48. The van der Waals surface area contributed by atoms with Crippen LogP contribution in [0.2, 0.25) is 0 Å². The van der Waals surface area contributed by atoms with Crippen LogP contribution in [-0.2, 0) is 33.8 Å². The first-order valence-corrected chi connectivity index (χ1v) is 15.0. The topological polar surface area (TPSA) is 99.3 Å². The summed E-state index contributed by atoms with van der Waals surface area (Å²) in [5, 5.41) is 3.09. The van der Waals surface area contributed by atoms with Gasteiger partial charge in [0, 0.05) is 24.7 Å². The minimum atomic E-state index is -0.697. The van der Waals surface area contributed by atoms with Gasteiger partial charge >= 0.3 is 0 Å². The van der Waals surface area contributed by atoms with Gasteiger partial charge in [0.2, 0.25) is 11.8 Å². The van der Waals surface area contributed by atoms with E-state index in [-0.39, 0.29) is 41.9 Å². The molecule has 1 N–H and O–H groups in total. The number of ether oxygens (including phenoxy) is 1. The van der Waals surface area contributed by atoms with Crippen LogP contribution in [0.4, 0.5) is 0 Å². The lowest BCUT2D eigenvalue weighted by atomic mass is 9.85. The van der Waals surface area contributed by atoms with Crippen molar-refractivity contribution in [3.05, 3.63) is 64.7 Å². The summed E-state index contributed by atoms with van der Waals surface area (Å²) < 4.78 is 5.34. The van der Waals surface area contributed by atoms with Crippen molar-refractivity contribution in [2.75, 3.05) is 34.2 Å². The second-order valence-electron chi connectivity index (χ2n) is 11.8. The van der Waals surface area contributed by atoms with Gasteiger partial charge in [-0.15, -0.1) is 0 Å². The van der Waals surface area contributed by atoms with Crippen molar-refractivity contribution in [1.29, 1.82) is 0 Å². The molecule has 42 heavy (non-hydrogen) atoms. The average Bonchev–Trinajstić information content (AvgIpc) is 3.41. The van der Waals surface area contributed by atoms with Crippen molar-refractivity contribution < 1.29 is 23.9 Å². The number of rotatable bonds is 13. The van der Waals surface area contributed by atoms with Crippen LogP contribution >= 0.6 is 0 Å². The Morgan fingerprint density at radius 2 is 1.69 bits per heavy atom. The van der Waals surface area contributed by atoms with Crippen LogP contribution in [0.3, 0.4) is 0 Å². The first-order chi connectivity index (χ1) is 20.2. The minimum Gasteiger partial charge on any atom is -0.428 e. The van der Waals surface area contributed by atoms with Gasteiger partial charge in [-0.25, -0.2) is 0 Å². The zero-order valence-corrected chi connectivity index (χ0v) is 25.5. The molecule has 1 aliphatic heterocycles. The van der Waals surface area contributed by atoms with E-state index in [1.54, 1.807) is 35.0 Å². The van der Waals surface area contributed by atoms with Gasteiger partial charge in [0.1, 0.15) is 17.8 Å². The number of nitrogens with zero attached hydrogens (tertiary/aromatic N) is 3. The quantitative estimate of drug-likeness (QED) is 0.368. The van der Waals surface area contributed by atoms with Crippen LogP contribution in [0.1, 0.15) is 60.2 Å². The summed E-state index contributed by atoms with van der Waals surface area (Å²) in [6, 6.07) is 11.8. The zero-order chi connectivity index (χ0) is 30.4. The highest BCUT2D eigenvalue weighted by Crippen LogP contribution is 2.35. The van der Waals surface area contributed by atoms with Crippen LogP contribution in [0, 0.1) is 11.8 Å². The molecule has 0 bridgehead atoms. The Balaban J connectivity index is 1.70. The molecule has 226 valence electrons. The van der Waals surface area contributed by atoms with E-state index in [0.29, 0.717) is 49.8 Å². The van der Waals surface area contributed by atoms with Crippen molar-refractivity contribution in [1.82, 2.24) is 20.0 Å². The molecule has 2 atom stereocenters. The van der Waals surface area contributed by atoms with Gasteiger partial charge in [0.05, 0.1) is 6.54 Å². The van der Waals surface area contributed by atoms with E-state index in [2.05, 4.69) is 22.3 Å². The highest BCUT2D eigenvalue weighted by Gasteiger charge is 2.47. The molecule has 2 aliphatic rings. The lowest BCUT2D eigenvalue weighted by Crippen LogP contribution is -2.66. The molecular weight excluding hydrogens is 532 g/mol. The van der Waals surface area contributed by atoms with E-state index in [1.807, 2.05) is 40.1 Å². The second-order valence-corrected chi connectivity index (χ2v) is 11.8. The standard InChI is InChI=1S/C33H44N4O5/c1-6-22(7-2)30-31(39)34-29(25-18-23-12-8-9-13-24(23)19-25)33(41)37(30)20-27-26(14-10-15-28(27)42-21-38)32(40)36(5)17-11-16-35(3)4/h8-10,12-15,21-22,25,29-30H,6-7,11,16-20H2,1-5H3,(H,34,39)/t29-,30-/m1/s1. The molecule has 0 unspecified atom stereocenters. The zero-order valence-electron chi connectivity index (χ0n) is 25.5. The van der Waals surface area contributed by atoms with E-state index < -0.39 is 12.1 Å². The first kappa shape index (κ1) is 31.2. The number of piperazine rings is 1. The first-order valence-electron chi connectivity index (χ1n) is 15.0. The molecule has 0 aromatic heterocycles. The lowest BCUT2D eigenvalue weighted by molar-refractivity contribution is -0.154. The maximum absolute atomic E-state index is 14.4. The molecule has 3 amide bonds. The summed E-state index contributed by atoms with van der Waals surface area (Å²) >= 11 is 0. The number of carbonyl (C=O) groups excluding carboxylic acids is 4. The molecule has 1 aliphatic carbocycles. The molecule has 2 aromatic rings. The van der Waals surface area contributed by atoms with Gasteiger partial charge < -0.3 is 24.8 Å². The number of amides is 3. The van der Waals surface area contributed by atoms with Crippen molar-refractivity contribution in [2.45, 2.75) is 64.6 Å². The Morgan fingerprint density at radius 3 is 2.29 bits per heavy atom. The largest absolute Gasteiger partial charge is 0.428 e. The van der Waals surface area contributed by atoms with Crippen LogP contribution in [0.25, 0.3) is 0 Å². The van der Waals surface area contributed by atoms with E-state index >= 15 is 0 Å². The molecule has 4 rings (SSSR count). The third-order valence-corrected chi connectivity index (χ3v) is 8.81. The maximum atomic E-state index is 14.4. The van der Waals surface area contributed by atoms with Gasteiger partial charge in [-0.1, -0.05) is 57.0 Å². The molecule has 0 radical (unpaired) electrons. The van der Waals surface area contributed by atoms with E-state index in [0.717, 1.165) is 13.0 Å². The predicted molar refractivity (Wildman–Crippen MR) is 161 cm³/mol. The molecule has 2 aromatic carbocycles. The minimum absolute atomic E-state index is 0.0137. The number of fused-ring (bicyclic) bond motifs is 1. The van der Waals surface area contributed by atoms with Crippen molar-refractivity contribution in [3.8, 4) is 5.75 Å². The summed E-state index contributed by atoms with van der Waals surface area (Å²) in [6.07, 6.45) is 3.64. The number of nitrogens with one attached hydrogen (secondary N) is 1. The highest BCUT2D eigenvalue weighted by molar-refractivity contribution is 5.99. The molecular formula is C33H44N4O5. The van der Waals surface area contributed by atoms with Crippen molar-refractivity contribution >= 4 is 24.2 Å². The summed E-state index contributed by atoms with van der Waals surface area (Å²) in [6.45, 7) is 5.73. The molecule has 0 spiro atoms. The van der Waals surface area contributed by atoms with Gasteiger partial charge in [-0.05, 0) is 75.0 Å². The molecule has 1 fully saturated rings. The molecule has 1 saturated heterocycles. The lowest BCUT2D eigenvalue weighted by Gasteiger charge is -2.44. The fourth-order valence-electron chi connectivity index (χ4n) is 6.48. The van der Waals surface area contributed by atoms with Crippen molar-refractivity contribution in [3.63, 3.8) is 0 Å². The molecule has 1 heterocycles. The van der Waals surface area contributed by atoms with Crippen LogP contribution in [0.5, 0.6) is 5.75 Å². The van der Waals surface area contributed by atoms with E-state index in [9.17, 15) is 19.2 Å². The number of hydrogen-bond donors (Lipinski definition) is 1. The Bertz CT molecular complexity index is 1270. The normalized spacial score (nSPS) is 18.8. The van der Waals surface area contributed by atoms with Gasteiger partial charge in [-0.2, -0.15) is 0 Å². The third-order valence-electron chi connectivity index (χ3n) is 8.81. The van der Waals surface area contributed by atoms with Crippen molar-refractivity contribution in [2.24, 2.45) is 11.8 Å². The number of carbonyl (C=O) groups is 4. The number of hydrogen-bond acceptors (Lipinski definition) is 6. The summed E-state index contributed by atoms with van der Waals surface area (Å²) in [7, 11) is 5.72. The van der Waals surface area contributed by atoms with Crippen LogP contribution in [0.15, 0.2) is 42.5 Å². The SMILES string of the molecule is CCC(CC)[C@@H]1C(=O)N[C@H](C2Cc3ccccc3C2)C(=O)N1Cc1c(OC=O)cccc1C(=O)N(C)CCCN(C)C. The molecule has 9 heteroatoms. The van der Waals surface area contributed by atoms with E-state index in [1.165, 1.54) is 11.1 Å².